The second kappa shape index (κ2) is 6.94. The summed E-state index contributed by atoms with van der Waals surface area (Å²) in [6.45, 7) is 15.0. The van der Waals surface area contributed by atoms with Gasteiger partial charge in [-0.15, -0.1) is 0 Å². The minimum absolute atomic E-state index is 0.569. The first-order valence-electron chi connectivity index (χ1n) is 5.52. The summed E-state index contributed by atoms with van der Waals surface area (Å²) >= 11 is 0. The zero-order valence-electron chi connectivity index (χ0n) is 9.53. The van der Waals surface area contributed by atoms with Gasteiger partial charge in [0.2, 0.25) is 0 Å². The molecule has 0 aromatic rings. The van der Waals surface area contributed by atoms with Crippen LogP contribution in [0.1, 0.15) is 52.9 Å². The molecule has 0 radical (unpaired) electrons. The highest BCUT2D eigenvalue weighted by Gasteiger charge is 2.12. The average molecular weight is 180 g/mol. The summed E-state index contributed by atoms with van der Waals surface area (Å²) < 4.78 is 0. The normalized spacial score (nSPS) is 10.5. The van der Waals surface area contributed by atoms with Crippen LogP contribution in [0, 0.1) is 5.92 Å². The Hall–Kier alpha value is -0.520. The summed E-state index contributed by atoms with van der Waals surface area (Å²) in [4.78, 5) is 0. The zero-order valence-corrected chi connectivity index (χ0v) is 9.53. The first-order valence-corrected chi connectivity index (χ1v) is 5.52. The van der Waals surface area contributed by atoms with Crippen molar-refractivity contribution in [3.05, 3.63) is 24.3 Å². The molecule has 0 fully saturated rings. The Morgan fingerprint density at radius 2 is 1.31 bits per heavy atom. The third-order valence-electron chi connectivity index (χ3n) is 2.54. The van der Waals surface area contributed by atoms with Crippen molar-refractivity contribution in [1.82, 2.24) is 0 Å². The topological polar surface area (TPSA) is 0 Å². The van der Waals surface area contributed by atoms with Crippen LogP contribution in [0.3, 0.4) is 0 Å². The van der Waals surface area contributed by atoms with Crippen LogP contribution >= 0.6 is 0 Å². The van der Waals surface area contributed by atoms with Gasteiger partial charge < -0.3 is 0 Å². The molecule has 0 nitrogen and oxygen atoms in total. The first-order chi connectivity index (χ1) is 6.17. The number of allylic oxidation sites excluding steroid dienone is 2. The van der Waals surface area contributed by atoms with Crippen LogP contribution in [-0.4, -0.2) is 0 Å². The van der Waals surface area contributed by atoms with Gasteiger partial charge in [-0.05, 0) is 25.2 Å². The van der Waals surface area contributed by atoms with Crippen molar-refractivity contribution in [1.29, 1.82) is 0 Å². The lowest BCUT2D eigenvalue weighted by atomic mass is 9.86. The quantitative estimate of drug-likeness (QED) is 0.497. The fourth-order valence-electron chi connectivity index (χ4n) is 1.86. The maximum atomic E-state index is 4.16. The Morgan fingerprint density at radius 1 is 0.923 bits per heavy atom. The van der Waals surface area contributed by atoms with E-state index in [2.05, 4.69) is 33.9 Å². The van der Waals surface area contributed by atoms with Crippen LogP contribution in [-0.2, 0) is 0 Å². The molecule has 0 amide bonds. The minimum atomic E-state index is 0.569. The monoisotopic (exact) mass is 180 g/mol. The van der Waals surface area contributed by atoms with E-state index in [-0.39, 0.29) is 0 Å². The highest BCUT2D eigenvalue weighted by molar-refractivity contribution is 5.16. The molecule has 0 atom stereocenters. The summed E-state index contributed by atoms with van der Waals surface area (Å²) in [7, 11) is 0. The maximum Gasteiger partial charge on any atom is -0.000109 e. The zero-order chi connectivity index (χ0) is 10.3. The third kappa shape index (κ3) is 4.31. The number of hydrogen-bond acceptors (Lipinski definition) is 0. The standard InChI is InChI=1S/C13H24/c1-6-9-11(4)13(8-3)12(5)10-7-2/h13H,4-10H2,1-3H3. The largest absolute Gasteiger partial charge is 0.0993 e. The highest BCUT2D eigenvalue weighted by Crippen LogP contribution is 2.27. The van der Waals surface area contributed by atoms with Crippen molar-refractivity contribution in [3.8, 4) is 0 Å². The molecule has 0 N–H and O–H groups in total. The fourth-order valence-corrected chi connectivity index (χ4v) is 1.86. The van der Waals surface area contributed by atoms with Crippen molar-refractivity contribution in [2.75, 3.05) is 0 Å². The van der Waals surface area contributed by atoms with Gasteiger partial charge >= 0.3 is 0 Å². The van der Waals surface area contributed by atoms with E-state index < -0.39 is 0 Å². The van der Waals surface area contributed by atoms with E-state index in [1.165, 1.54) is 24.0 Å². The van der Waals surface area contributed by atoms with Gasteiger partial charge in [0.25, 0.3) is 0 Å². The van der Waals surface area contributed by atoms with E-state index in [4.69, 9.17) is 0 Å². The van der Waals surface area contributed by atoms with Crippen LogP contribution in [0.4, 0.5) is 0 Å². The van der Waals surface area contributed by atoms with Crippen LogP contribution in [0.2, 0.25) is 0 Å². The van der Waals surface area contributed by atoms with Gasteiger partial charge in [-0.1, -0.05) is 57.9 Å². The molecule has 0 heteroatoms. The summed E-state index contributed by atoms with van der Waals surface area (Å²) in [5, 5.41) is 0. The van der Waals surface area contributed by atoms with Gasteiger partial charge in [-0.2, -0.15) is 0 Å². The van der Waals surface area contributed by atoms with Crippen molar-refractivity contribution in [2.45, 2.75) is 52.9 Å². The van der Waals surface area contributed by atoms with Crippen molar-refractivity contribution in [3.63, 3.8) is 0 Å². The van der Waals surface area contributed by atoms with Crippen molar-refractivity contribution >= 4 is 0 Å². The maximum absolute atomic E-state index is 4.16. The molecule has 0 saturated heterocycles. The molecule has 13 heavy (non-hydrogen) atoms. The van der Waals surface area contributed by atoms with Crippen LogP contribution in [0.25, 0.3) is 0 Å². The molecule has 0 aliphatic carbocycles. The van der Waals surface area contributed by atoms with Gasteiger partial charge in [0, 0.05) is 0 Å². The summed E-state index contributed by atoms with van der Waals surface area (Å²) in [5.41, 5.74) is 2.76. The third-order valence-corrected chi connectivity index (χ3v) is 2.54. The Morgan fingerprint density at radius 3 is 1.54 bits per heavy atom. The smallest absolute Gasteiger partial charge is 0.000109 e. The first kappa shape index (κ1) is 12.5. The number of hydrogen-bond donors (Lipinski definition) is 0. The lowest BCUT2D eigenvalue weighted by Gasteiger charge is -2.19. The molecule has 0 unspecified atom stereocenters. The van der Waals surface area contributed by atoms with Crippen LogP contribution in [0.15, 0.2) is 24.3 Å². The molecular formula is C13H24. The van der Waals surface area contributed by atoms with E-state index in [0.29, 0.717) is 5.92 Å². The molecule has 0 bridgehead atoms. The molecule has 0 aromatic carbocycles. The lowest BCUT2D eigenvalue weighted by molar-refractivity contribution is 0.618. The van der Waals surface area contributed by atoms with Crippen molar-refractivity contribution in [2.24, 2.45) is 5.92 Å². The predicted octanol–water partition coefficient (Wildman–Crippen LogP) is 4.73. The minimum Gasteiger partial charge on any atom is -0.0993 e. The molecule has 76 valence electrons. The van der Waals surface area contributed by atoms with Gasteiger partial charge in [-0.3, -0.25) is 0 Å². The van der Waals surface area contributed by atoms with E-state index in [9.17, 15) is 0 Å². The Kier molecular flexibility index (Phi) is 6.66. The van der Waals surface area contributed by atoms with Gasteiger partial charge in [0.1, 0.15) is 0 Å². The van der Waals surface area contributed by atoms with E-state index in [0.717, 1.165) is 19.3 Å². The molecule has 0 aliphatic heterocycles. The predicted molar refractivity (Wildman–Crippen MR) is 61.9 cm³/mol. The Balaban J connectivity index is 4.15. The fraction of sp³-hybridized carbons (Fsp3) is 0.692. The average Bonchev–Trinajstić information content (AvgIpc) is 2.06. The SMILES string of the molecule is C=C(CCC)C(CC)C(=C)CCC. The molecule has 0 heterocycles. The molecule has 0 spiro atoms. The summed E-state index contributed by atoms with van der Waals surface area (Å²) in [6, 6.07) is 0. The van der Waals surface area contributed by atoms with E-state index >= 15 is 0 Å². The molecule has 0 aliphatic rings. The van der Waals surface area contributed by atoms with Gasteiger partial charge in [-0.25, -0.2) is 0 Å². The van der Waals surface area contributed by atoms with E-state index in [1.54, 1.807) is 0 Å². The van der Waals surface area contributed by atoms with Gasteiger partial charge in [0.15, 0.2) is 0 Å². The van der Waals surface area contributed by atoms with Crippen LogP contribution in [0.5, 0.6) is 0 Å². The van der Waals surface area contributed by atoms with Crippen molar-refractivity contribution < 1.29 is 0 Å². The second-order valence-corrected chi connectivity index (χ2v) is 3.78. The Labute approximate surface area is 83.7 Å². The second-order valence-electron chi connectivity index (χ2n) is 3.78. The Bertz CT molecular complexity index is 147. The lowest BCUT2D eigenvalue weighted by Crippen LogP contribution is -2.05. The molecule has 0 saturated carbocycles. The summed E-state index contributed by atoms with van der Waals surface area (Å²) in [5.74, 6) is 0.569. The van der Waals surface area contributed by atoms with E-state index in [1.807, 2.05) is 0 Å². The molecular weight excluding hydrogens is 156 g/mol. The highest BCUT2D eigenvalue weighted by atomic mass is 14.2. The summed E-state index contributed by atoms with van der Waals surface area (Å²) in [6.07, 6.45) is 5.88. The number of rotatable bonds is 7. The van der Waals surface area contributed by atoms with Crippen LogP contribution < -0.4 is 0 Å². The van der Waals surface area contributed by atoms with Gasteiger partial charge in [0.05, 0.1) is 0 Å². The molecule has 0 rings (SSSR count). The molecule has 0 aromatic heterocycles.